The molecule has 3 rings (SSSR count). The Hall–Kier alpha value is -0.900. The largest absolute Gasteiger partial charge is 0.309 e. The first-order chi connectivity index (χ1) is 10.3. The van der Waals surface area contributed by atoms with E-state index < -0.39 is 0 Å². The number of thioether (sulfide) groups is 2. The Morgan fingerprint density at radius 3 is 2.57 bits per heavy atom. The summed E-state index contributed by atoms with van der Waals surface area (Å²) in [4.78, 5) is 3.70. The molecule has 0 N–H and O–H groups in total. The third-order valence-electron chi connectivity index (χ3n) is 3.75. The summed E-state index contributed by atoms with van der Waals surface area (Å²) in [6, 6.07) is 17.8. The number of fused-ring (bicyclic) bond motifs is 2. The van der Waals surface area contributed by atoms with Gasteiger partial charge in [0.1, 0.15) is 0 Å². The van der Waals surface area contributed by atoms with E-state index in [1.54, 1.807) is 0 Å². The van der Waals surface area contributed by atoms with Gasteiger partial charge in [-0.05, 0) is 36.9 Å². The molecule has 0 aromatic heterocycles. The molecule has 0 amide bonds. The third-order valence-corrected chi connectivity index (χ3v) is 6.14. The van der Waals surface area contributed by atoms with E-state index in [0.717, 1.165) is 18.1 Å². The topological polar surface area (TPSA) is 3.24 Å². The Balaban J connectivity index is 1.95. The summed E-state index contributed by atoms with van der Waals surface area (Å²) < 4.78 is 0. The van der Waals surface area contributed by atoms with Crippen LogP contribution >= 0.6 is 23.5 Å². The highest BCUT2D eigenvalue weighted by Crippen LogP contribution is 2.45. The van der Waals surface area contributed by atoms with E-state index in [2.05, 4.69) is 79.3 Å². The standard InChI is InChI=1S/C18H21NS2/c1-19(2)11-12-20-18-15-8-4-3-7-14(15)13-21-17-10-6-5-9-16(17)18/h3-10,18H,11-13H2,1-2H3/t18-/m1/s1. The number of benzene rings is 2. The van der Waals surface area contributed by atoms with Crippen molar-refractivity contribution < 1.29 is 0 Å². The Morgan fingerprint density at radius 2 is 1.76 bits per heavy atom. The Morgan fingerprint density at radius 1 is 1.05 bits per heavy atom. The van der Waals surface area contributed by atoms with Crippen molar-refractivity contribution in [1.29, 1.82) is 0 Å². The minimum atomic E-state index is 0.465. The molecule has 0 bridgehead atoms. The molecule has 0 spiro atoms. The minimum absolute atomic E-state index is 0.465. The number of nitrogens with zero attached hydrogens (tertiary/aromatic N) is 1. The molecular formula is C18H21NS2. The summed E-state index contributed by atoms with van der Waals surface area (Å²) in [5, 5.41) is 0.465. The van der Waals surface area contributed by atoms with Crippen molar-refractivity contribution in [3.8, 4) is 0 Å². The molecule has 1 nitrogen and oxygen atoms in total. The molecule has 110 valence electrons. The van der Waals surface area contributed by atoms with Gasteiger partial charge in [0, 0.05) is 22.9 Å². The maximum atomic E-state index is 2.31. The quantitative estimate of drug-likeness (QED) is 0.807. The van der Waals surface area contributed by atoms with Crippen LogP contribution in [0.1, 0.15) is 21.9 Å². The van der Waals surface area contributed by atoms with Crippen LogP contribution in [-0.4, -0.2) is 31.3 Å². The van der Waals surface area contributed by atoms with Crippen LogP contribution in [0.5, 0.6) is 0 Å². The monoisotopic (exact) mass is 315 g/mol. The SMILES string of the molecule is CN(C)CCS[C@@H]1c2ccccc2CSc2ccccc21. The second-order valence-electron chi connectivity index (χ2n) is 5.58. The van der Waals surface area contributed by atoms with E-state index in [-0.39, 0.29) is 0 Å². The molecule has 0 aliphatic carbocycles. The fourth-order valence-corrected chi connectivity index (χ4v) is 5.28. The summed E-state index contributed by atoms with van der Waals surface area (Å²) in [6.45, 7) is 1.12. The fraction of sp³-hybridized carbons (Fsp3) is 0.333. The lowest BCUT2D eigenvalue weighted by molar-refractivity contribution is 0.437. The maximum Gasteiger partial charge on any atom is 0.0561 e. The van der Waals surface area contributed by atoms with Gasteiger partial charge in [-0.1, -0.05) is 42.5 Å². The van der Waals surface area contributed by atoms with Crippen molar-refractivity contribution in [1.82, 2.24) is 4.90 Å². The maximum absolute atomic E-state index is 2.31. The molecule has 0 radical (unpaired) electrons. The van der Waals surface area contributed by atoms with Gasteiger partial charge in [0.05, 0.1) is 5.25 Å². The van der Waals surface area contributed by atoms with Gasteiger partial charge < -0.3 is 4.90 Å². The van der Waals surface area contributed by atoms with E-state index in [4.69, 9.17) is 0 Å². The Kier molecular flexibility index (Phi) is 4.94. The number of hydrogen-bond acceptors (Lipinski definition) is 3. The molecule has 0 fully saturated rings. The second-order valence-corrected chi connectivity index (χ2v) is 7.81. The lowest BCUT2D eigenvalue weighted by Gasteiger charge is -2.20. The summed E-state index contributed by atoms with van der Waals surface area (Å²) >= 11 is 4.04. The molecule has 2 aromatic rings. The van der Waals surface area contributed by atoms with Crippen molar-refractivity contribution >= 4 is 23.5 Å². The third kappa shape index (κ3) is 3.47. The van der Waals surface area contributed by atoms with Gasteiger partial charge in [0.2, 0.25) is 0 Å². The molecule has 2 aromatic carbocycles. The Bertz CT molecular complexity index is 562. The lowest BCUT2D eigenvalue weighted by atomic mass is 10.0. The molecule has 1 aliphatic heterocycles. The van der Waals surface area contributed by atoms with Crippen molar-refractivity contribution in [2.45, 2.75) is 15.9 Å². The Labute approximate surface area is 136 Å². The second kappa shape index (κ2) is 6.91. The fourth-order valence-electron chi connectivity index (χ4n) is 2.61. The predicted molar refractivity (Wildman–Crippen MR) is 95.3 cm³/mol. The summed E-state index contributed by atoms with van der Waals surface area (Å²) in [5.41, 5.74) is 4.47. The van der Waals surface area contributed by atoms with Crippen LogP contribution in [0.15, 0.2) is 53.4 Å². The summed E-state index contributed by atoms with van der Waals surface area (Å²) in [6.07, 6.45) is 0. The smallest absolute Gasteiger partial charge is 0.0561 e. The van der Waals surface area contributed by atoms with Gasteiger partial charge in [-0.15, -0.1) is 23.5 Å². The van der Waals surface area contributed by atoms with Crippen LogP contribution in [0, 0.1) is 0 Å². The molecular weight excluding hydrogens is 294 g/mol. The predicted octanol–water partition coefficient (Wildman–Crippen LogP) is 4.68. The number of rotatable bonds is 4. The van der Waals surface area contributed by atoms with E-state index in [1.807, 2.05) is 11.8 Å². The molecule has 1 atom stereocenters. The van der Waals surface area contributed by atoms with Gasteiger partial charge in [-0.2, -0.15) is 0 Å². The van der Waals surface area contributed by atoms with E-state index in [0.29, 0.717) is 5.25 Å². The van der Waals surface area contributed by atoms with Gasteiger partial charge in [0.15, 0.2) is 0 Å². The van der Waals surface area contributed by atoms with E-state index >= 15 is 0 Å². The van der Waals surface area contributed by atoms with Gasteiger partial charge in [0.25, 0.3) is 0 Å². The first-order valence-electron chi connectivity index (χ1n) is 7.31. The highest BCUT2D eigenvalue weighted by molar-refractivity contribution is 8.00. The van der Waals surface area contributed by atoms with Crippen LogP contribution < -0.4 is 0 Å². The molecule has 0 saturated carbocycles. The zero-order valence-electron chi connectivity index (χ0n) is 12.6. The van der Waals surface area contributed by atoms with Gasteiger partial charge in [-0.25, -0.2) is 0 Å². The normalized spacial score (nSPS) is 17.2. The van der Waals surface area contributed by atoms with E-state index in [1.165, 1.54) is 21.6 Å². The molecule has 1 aliphatic rings. The molecule has 1 heterocycles. The average molecular weight is 316 g/mol. The van der Waals surface area contributed by atoms with Crippen molar-refractivity contribution in [2.24, 2.45) is 0 Å². The first kappa shape index (κ1) is 15.0. The zero-order valence-corrected chi connectivity index (χ0v) is 14.2. The average Bonchev–Trinajstić information content (AvgIpc) is 2.65. The number of hydrogen-bond donors (Lipinski definition) is 0. The minimum Gasteiger partial charge on any atom is -0.309 e. The van der Waals surface area contributed by atoms with Crippen molar-refractivity contribution in [3.05, 3.63) is 65.2 Å². The molecule has 3 heteroatoms. The van der Waals surface area contributed by atoms with Crippen LogP contribution in [0.4, 0.5) is 0 Å². The lowest BCUT2D eigenvalue weighted by Crippen LogP contribution is -2.15. The van der Waals surface area contributed by atoms with Crippen LogP contribution in [0.2, 0.25) is 0 Å². The van der Waals surface area contributed by atoms with Gasteiger partial charge in [-0.3, -0.25) is 0 Å². The van der Waals surface area contributed by atoms with Crippen LogP contribution in [0.25, 0.3) is 0 Å². The van der Waals surface area contributed by atoms with Crippen molar-refractivity contribution in [2.75, 3.05) is 26.4 Å². The zero-order chi connectivity index (χ0) is 14.7. The van der Waals surface area contributed by atoms with Crippen LogP contribution in [-0.2, 0) is 5.75 Å². The van der Waals surface area contributed by atoms with Crippen LogP contribution in [0.3, 0.4) is 0 Å². The molecule has 21 heavy (non-hydrogen) atoms. The van der Waals surface area contributed by atoms with E-state index in [9.17, 15) is 0 Å². The highest BCUT2D eigenvalue weighted by atomic mass is 32.2. The summed E-state index contributed by atoms with van der Waals surface area (Å²) in [7, 11) is 4.29. The van der Waals surface area contributed by atoms with Crippen molar-refractivity contribution in [3.63, 3.8) is 0 Å². The summed E-state index contributed by atoms with van der Waals surface area (Å²) in [5.74, 6) is 2.24. The highest BCUT2D eigenvalue weighted by Gasteiger charge is 2.23. The van der Waals surface area contributed by atoms with Gasteiger partial charge >= 0.3 is 0 Å². The molecule has 0 saturated heterocycles. The molecule has 0 unspecified atom stereocenters. The first-order valence-corrected chi connectivity index (χ1v) is 9.35.